The highest BCUT2D eigenvalue weighted by Gasteiger charge is 2.43. The van der Waals surface area contributed by atoms with Gasteiger partial charge in [0.15, 0.2) is 18.6 Å². The van der Waals surface area contributed by atoms with Gasteiger partial charge in [-0.05, 0) is 75.4 Å². The summed E-state index contributed by atoms with van der Waals surface area (Å²) in [5.74, 6) is -1.17. The molecule has 1 saturated heterocycles. The molecule has 0 aromatic carbocycles. The fraction of sp³-hybridized carbons (Fsp3) is 0.581. The summed E-state index contributed by atoms with van der Waals surface area (Å²) in [7, 11) is 0. The first-order valence-electron chi connectivity index (χ1n) is 14.5. The number of likely N-dealkylation sites (tertiary alicyclic amines) is 1. The molecule has 1 aliphatic rings. The number of anilines is 1. The third kappa shape index (κ3) is 10.0. The third-order valence-corrected chi connectivity index (χ3v) is 9.70. The predicted octanol–water partition coefficient (Wildman–Crippen LogP) is 5.18. The fourth-order valence-electron chi connectivity index (χ4n) is 5.15. The number of nitrogens with one attached hydrogen (secondary N) is 2. The van der Waals surface area contributed by atoms with E-state index in [4.69, 9.17) is 4.74 Å². The molecule has 43 heavy (non-hydrogen) atoms. The molecular weight excluding hydrogens is 593 g/mol. The van der Waals surface area contributed by atoms with Crippen molar-refractivity contribution in [1.82, 2.24) is 5.32 Å². The quantitative estimate of drug-likeness (QED) is 0.135. The van der Waals surface area contributed by atoms with Crippen LogP contribution in [-0.4, -0.2) is 78.3 Å². The maximum Gasteiger partial charge on any atom is 0.306 e. The Kier molecular flexibility index (Phi) is 11.4. The number of thiophene rings is 2. The molecule has 0 aliphatic carbocycles. The van der Waals surface area contributed by atoms with Crippen LogP contribution in [-0.2, 0) is 25.5 Å². The maximum absolute atomic E-state index is 14.8. The summed E-state index contributed by atoms with van der Waals surface area (Å²) in [6, 6.07) is 0. The van der Waals surface area contributed by atoms with Gasteiger partial charge in [-0.3, -0.25) is 24.0 Å². The Balaban J connectivity index is 1.65. The van der Waals surface area contributed by atoms with Crippen molar-refractivity contribution in [1.29, 1.82) is 0 Å². The summed E-state index contributed by atoms with van der Waals surface area (Å²) in [5, 5.41) is 9.31. The number of quaternary nitrogens is 1. The number of Topliss-reactive ketones (excluding diaryl/α,β-unsaturated/α-hetero) is 1. The number of ether oxygens (including phenoxy) is 1. The second kappa shape index (κ2) is 14.2. The van der Waals surface area contributed by atoms with Gasteiger partial charge in [-0.2, -0.15) is 0 Å². The Morgan fingerprint density at radius 2 is 1.72 bits per heavy atom. The van der Waals surface area contributed by atoms with Crippen LogP contribution in [0.4, 0.5) is 10.1 Å². The monoisotopic (exact) mass is 636 g/mol. The molecule has 2 aromatic rings. The van der Waals surface area contributed by atoms with Crippen LogP contribution in [0.15, 0.2) is 10.8 Å². The molecule has 12 heteroatoms. The van der Waals surface area contributed by atoms with Crippen molar-refractivity contribution < 1.29 is 37.6 Å². The van der Waals surface area contributed by atoms with Gasteiger partial charge in [0, 0.05) is 32.2 Å². The number of aldehydes is 1. The van der Waals surface area contributed by atoms with Gasteiger partial charge in [-0.1, -0.05) is 0 Å². The summed E-state index contributed by atoms with van der Waals surface area (Å²) in [5.41, 5.74) is 0.775. The van der Waals surface area contributed by atoms with Crippen LogP contribution in [0.2, 0.25) is 0 Å². The number of nitrogens with zero attached hydrogens (tertiary/aromatic N) is 1. The standard InChI is InChI=1S/C31H42FN3O6S2/c1-20-18-42-24(17-36)23(20)14-22(37)15-35(12-9-31(6,32)10-13-35)16-25(38)34-27-21(2)19-43-28(27)29(40)33-11-7-8-26(39)41-30(3,4)5/h17-19H,7-16H2,1-6H3,(H-,33,34,38,40)/p+1. The molecule has 0 unspecified atom stereocenters. The first-order valence-corrected chi connectivity index (χ1v) is 16.2. The largest absolute Gasteiger partial charge is 0.460 e. The van der Waals surface area contributed by atoms with Gasteiger partial charge < -0.3 is 19.9 Å². The Morgan fingerprint density at radius 1 is 1.07 bits per heavy atom. The molecule has 9 nitrogen and oxygen atoms in total. The van der Waals surface area contributed by atoms with Crippen LogP contribution in [0.1, 0.15) is 89.4 Å². The molecule has 2 N–H and O–H groups in total. The fourth-order valence-corrected chi connectivity index (χ4v) is 6.95. The van der Waals surface area contributed by atoms with E-state index in [1.54, 1.807) is 40.0 Å². The number of rotatable bonds is 13. The summed E-state index contributed by atoms with van der Waals surface area (Å²) >= 11 is 2.50. The Hall–Kier alpha value is -2.96. The van der Waals surface area contributed by atoms with Crippen LogP contribution >= 0.6 is 22.7 Å². The number of hydrogen-bond acceptors (Lipinski definition) is 8. The lowest BCUT2D eigenvalue weighted by molar-refractivity contribution is -0.919. The number of aryl methyl sites for hydroxylation is 2. The highest BCUT2D eigenvalue weighted by atomic mass is 32.1. The highest BCUT2D eigenvalue weighted by molar-refractivity contribution is 7.13. The van der Waals surface area contributed by atoms with Crippen LogP contribution < -0.4 is 10.6 Å². The highest BCUT2D eigenvalue weighted by Crippen LogP contribution is 2.32. The van der Waals surface area contributed by atoms with Gasteiger partial charge in [0.1, 0.15) is 22.7 Å². The van der Waals surface area contributed by atoms with E-state index in [0.717, 1.165) is 17.4 Å². The first kappa shape index (κ1) is 34.5. The zero-order chi connectivity index (χ0) is 32.0. The van der Waals surface area contributed by atoms with Crippen molar-refractivity contribution in [3.05, 3.63) is 37.2 Å². The number of alkyl halides is 1. The first-order chi connectivity index (χ1) is 20.0. The Morgan fingerprint density at radius 3 is 2.35 bits per heavy atom. The van der Waals surface area contributed by atoms with E-state index >= 15 is 0 Å². The smallest absolute Gasteiger partial charge is 0.306 e. The molecule has 1 fully saturated rings. The number of hydrogen-bond donors (Lipinski definition) is 2. The number of carbonyl (C=O) groups excluding carboxylic acids is 5. The van der Waals surface area contributed by atoms with E-state index < -0.39 is 11.3 Å². The van der Waals surface area contributed by atoms with Crippen LogP contribution in [0.3, 0.4) is 0 Å². The Bertz CT molecular complexity index is 1350. The van der Waals surface area contributed by atoms with Gasteiger partial charge >= 0.3 is 5.97 Å². The zero-order valence-electron chi connectivity index (χ0n) is 25.9. The third-order valence-electron chi connectivity index (χ3n) is 7.53. The van der Waals surface area contributed by atoms with E-state index in [2.05, 4.69) is 10.6 Å². The lowest BCUT2D eigenvalue weighted by atomic mass is 9.92. The van der Waals surface area contributed by atoms with Gasteiger partial charge in [0.05, 0.1) is 23.7 Å². The predicted molar refractivity (Wildman–Crippen MR) is 167 cm³/mol. The average molecular weight is 637 g/mol. The van der Waals surface area contributed by atoms with Gasteiger partial charge in [0.2, 0.25) is 0 Å². The molecule has 0 spiro atoms. The molecule has 0 saturated carbocycles. The molecule has 0 atom stereocenters. The maximum atomic E-state index is 14.8. The minimum Gasteiger partial charge on any atom is -0.460 e. The molecule has 3 heterocycles. The van der Waals surface area contributed by atoms with Crippen molar-refractivity contribution in [2.24, 2.45) is 0 Å². The number of piperidine rings is 1. The molecule has 0 bridgehead atoms. The molecule has 0 radical (unpaired) electrons. The summed E-state index contributed by atoms with van der Waals surface area (Å²) in [6.07, 6.45) is 1.86. The lowest BCUT2D eigenvalue weighted by Gasteiger charge is -2.44. The van der Waals surface area contributed by atoms with Crippen LogP contribution in [0.25, 0.3) is 0 Å². The molecule has 236 valence electrons. The van der Waals surface area contributed by atoms with Crippen molar-refractivity contribution in [3.8, 4) is 0 Å². The van der Waals surface area contributed by atoms with Gasteiger partial charge in [-0.15, -0.1) is 22.7 Å². The SMILES string of the molecule is Cc1csc(C=O)c1CC(=O)C[N+]1(CC(=O)Nc2c(C)csc2C(=O)NCCCC(=O)OC(C)(C)C)CCC(C)(F)CC1. The zero-order valence-corrected chi connectivity index (χ0v) is 27.5. The molecule has 1 aliphatic heterocycles. The van der Waals surface area contributed by atoms with Crippen molar-refractivity contribution in [3.63, 3.8) is 0 Å². The van der Waals surface area contributed by atoms with Gasteiger partial charge in [0.25, 0.3) is 11.8 Å². The summed E-state index contributed by atoms with van der Waals surface area (Å²) in [6.45, 7) is 11.5. The van der Waals surface area contributed by atoms with E-state index in [0.29, 0.717) is 40.5 Å². The van der Waals surface area contributed by atoms with Gasteiger partial charge in [-0.25, -0.2) is 4.39 Å². The second-order valence-electron chi connectivity index (χ2n) is 12.7. The van der Waals surface area contributed by atoms with Crippen LogP contribution in [0, 0.1) is 13.8 Å². The minimum absolute atomic E-state index is 0.0444. The van der Waals surface area contributed by atoms with Crippen LogP contribution in [0.5, 0.6) is 0 Å². The van der Waals surface area contributed by atoms with Crippen molar-refractivity contribution in [2.45, 2.75) is 84.9 Å². The number of esters is 1. The average Bonchev–Trinajstić information content (AvgIpc) is 3.44. The van der Waals surface area contributed by atoms with Crippen molar-refractivity contribution >= 4 is 58.2 Å². The van der Waals surface area contributed by atoms with E-state index in [1.165, 1.54) is 22.7 Å². The molecular formula is C31H43FN3O6S2+. The molecule has 3 rings (SSSR count). The number of amides is 2. The van der Waals surface area contributed by atoms with E-state index in [9.17, 15) is 28.4 Å². The minimum atomic E-state index is -1.37. The lowest BCUT2D eigenvalue weighted by Crippen LogP contribution is -2.60. The second-order valence-corrected chi connectivity index (χ2v) is 14.5. The molecule has 2 aromatic heterocycles. The molecule has 2 amide bonds. The summed E-state index contributed by atoms with van der Waals surface area (Å²) < 4.78 is 20.2. The van der Waals surface area contributed by atoms with Crippen molar-refractivity contribution in [2.75, 3.05) is 38.0 Å². The number of ketones is 1. The summed E-state index contributed by atoms with van der Waals surface area (Å²) in [4.78, 5) is 63.9. The number of carbonyl (C=O) groups is 5. The van der Waals surface area contributed by atoms with E-state index in [-0.39, 0.29) is 73.4 Å². The van der Waals surface area contributed by atoms with E-state index in [1.807, 2.05) is 12.3 Å². The normalized spacial score (nSPS) is 20.3. The topological polar surface area (TPSA) is 119 Å². The number of halogens is 1. The Labute approximate surface area is 260 Å².